The molecule has 0 spiro atoms. The van der Waals surface area contributed by atoms with Gasteiger partial charge in [0, 0.05) is 19.6 Å². The summed E-state index contributed by atoms with van der Waals surface area (Å²) in [4.78, 5) is 18.5. The van der Waals surface area contributed by atoms with Crippen LogP contribution in [0.15, 0.2) is 35.3 Å². The number of benzene rings is 1. The average Bonchev–Trinajstić information content (AvgIpc) is 2.59. The number of carbonyl (C=O) groups excluding carboxylic acids is 1. The molecule has 0 atom stereocenters. The second-order valence-electron chi connectivity index (χ2n) is 5.44. The second kappa shape index (κ2) is 8.41. The van der Waals surface area contributed by atoms with Crippen LogP contribution < -0.4 is 5.32 Å². The molecular formula is C17H25N3O2. The number of ether oxygens (including phenoxy) is 1. The van der Waals surface area contributed by atoms with Gasteiger partial charge in [-0.2, -0.15) is 0 Å². The van der Waals surface area contributed by atoms with Crippen molar-refractivity contribution >= 4 is 11.9 Å². The van der Waals surface area contributed by atoms with E-state index in [9.17, 15) is 4.79 Å². The molecule has 0 aliphatic carbocycles. The lowest BCUT2D eigenvalue weighted by Crippen LogP contribution is -2.46. The molecule has 22 heavy (non-hydrogen) atoms. The third kappa shape index (κ3) is 4.48. The summed E-state index contributed by atoms with van der Waals surface area (Å²) in [7, 11) is 1.46. The highest BCUT2D eigenvalue weighted by molar-refractivity contribution is 5.80. The van der Waals surface area contributed by atoms with Crippen LogP contribution in [0.3, 0.4) is 0 Å². The van der Waals surface area contributed by atoms with Crippen LogP contribution in [0.5, 0.6) is 0 Å². The van der Waals surface area contributed by atoms with Crippen molar-refractivity contribution in [3.63, 3.8) is 0 Å². The molecule has 0 bridgehead atoms. The molecule has 2 rings (SSSR count). The van der Waals surface area contributed by atoms with Gasteiger partial charge in [-0.15, -0.1) is 0 Å². The number of hydrogen-bond acceptors (Lipinski definition) is 3. The van der Waals surface area contributed by atoms with Crippen molar-refractivity contribution in [1.82, 2.24) is 10.2 Å². The van der Waals surface area contributed by atoms with E-state index in [1.54, 1.807) is 0 Å². The van der Waals surface area contributed by atoms with E-state index in [2.05, 4.69) is 29.3 Å². The Kier molecular flexibility index (Phi) is 6.25. The number of hydrogen-bond donors (Lipinski definition) is 1. The molecular weight excluding hydrogens is 278 g/mol. The van der Waals surface area contributed by atoms with Gasteiger partial charge in [0.2, 0.25) is 0 Å². The molecule has 120 valence electrons. The molecule has 1 heterocycles. The Morgan fingerprint density at radius 1 is 1.32 bits per heavy atom. The number of guanidine groups is 1. The number of nitrogens with zero attached hydrogens (tertiary/aromatic N) is 2. The highest BCUT2D eigenvalue weighted by atomic mass is 16.5. The van der Waals surface area contributed by atoms with Gasteiger partial charge >= 0.3 is 5.97 Å². The number of aliphatic imine (C=N–C) groups is 1. The summed E-state index contributed by atoms with van der Waals surface area (Å²) in [6.45, 7) is 5.24. The monoisotopic (exact) mass is 303 g/mol. The molecule has 1 aromatic carbocycles. The third-order valence-corrected chi connectivity index (χ3v) is 3.92. The molecule has 1 aromatic rings. The fourth-order valence-corrected chi connectivity index (χ4v) is 2.67. The molecule has 1 fully saturated rings. The average molecular weight is 303 g/mol. The molecule has 0 unspecified atom stereocenters. The number of esters is 1. The van der Waals surface area contributed by atoms with E-state index in [1.165, 1.54) is 12.7 Å². The summed E-state index contributed by atoms with van der Waals surface area (Å²) >= 11 is 0. The van der Waals surface area contributed by atoms with Crippen molar-refractivity contribution in [2.24, 2.45) is 10.9 Å². The molecule has 1 saturated heterocycles. The topological polar surface area (TPSA) is 53.9 Å². The zero-order chi connectivity index (χ0) is 15.8. The smallest absolute Gasteiger partial charge is 0.308 e. The zero-order valence-electron chi connectivity index (χ0n) is 13.4. The van der Waals surface area contributed by atoms with Crippen LogP contribution in [0, 0.1) is 5.92 Å². The minimum absolute atomic E-state index is 0.0262. The summed E-state index contributed by atoms with van der Waals surface area (Å²) in [6, 6.07) is 10.2. The third-order valence-electron chi connectivity index (χ3n) is 3.92. The molecule has 1 N–H and O–H groups in total. The van der Waals surface area contributed by atoms with Crippen molar-refractivity contribution in [1.29, 1.82) is 0 Å². The fourth-order valence-electron chi connectivity index (χ4n) is 2.67. The number of nitrogens with one attached hydrogen (secondary N) is 1. The van der Waals surface area contributed by atoms with Crippen LogP contribution in [0.1, 0.15) is 25.3 Å². The standard InChI is InChI=1S/C17H25N3O2/c1-3-18-17(19-13-14-7-5-4-6-8-14)20-11-9-15(10-12-20)16(21)22-2/h4-8,15H,3,9-13H2,1-2H3,(H,18,19). The summed E-state index contributed by atoms with van der Waals surface area (Å²) in [5.41, 5.74) is 1.20. The minimum atomic E-state index is -0.0918. The quantitative estimate of drug-likeness (QED) is 0.525. The van der Waals surface area contributed by atoms with E-state index >= 15 is 0 Å². The van der Waals surface area contributed by atoms with Crippen LogP contribution in [0.2, 0.25) is 0 Å². The molecule has 0 amide bonds. The van der Waals surface area contributed by atoms with Crippen molar-refractivity contribution in [2.45, 2.75) is 26.3 Å². The van der Waals surface area contributed by atoms with E-state index < -0.39 is 0 Å². The molecule has 1 aliphatic rings. The maximum absolute atomic E-state index is 11.6. The molecule has 0 saturated carbocycles. The summed E-state index contributed by atoms with van der Waals surface area (Å²) < 4.78 is 4.83. The Hall–Kier alpha value is -2.04. The largest absolute Gasteiger partial charge is 0.469 e. The normalized spacial score (nSPS) is 16.5. The number of piperidine rings is 1. The molecule has 5 nitrogen and oxygen atoms in total. The Morgan fingerprint density at radius 3 is 2.59 bits per heavy atom. The summed E-state index contributed by atoms with van der Waals surface area (Å²) in [6.07, 6.45) is 1.64. The van der Waals surface area contributed by atoms with Crippen molar-refractivity contribution < 1.29 is 9.53 Å². The number of rotatable bonds is 4. The first-order valence-electron chi connectivity index (χ1n) is 7.89. The van der Waals surface area contributed by atoms with Gasteiger partial charge in [-0.3, -0.25) is 4.79 Å². The zero-order valence-corrected chi connectivity index (χ0v) is 13.4. The number of carbonyl (C=O) groups is 1. The Labute approximate surface area is 132 Å². The van der Waals surface area contributed by atoms with E-state index in [-0.39, 0.29) is 11.9 Å². The highest BCUT2D eigenvalue weighted by Crippen LogP contribution is 2.18. The SMILES string of the molecule is CCNC(=NCc1ccccc1)N1CCC(C(=O)OC)CC1. The summed E-state index contributed by atoms with van der Waals surface area (Å²) in [5, 5.41) is 3.34. The maximum Gasteiger partial charge on any atom is 0.308 e. The molecule has 0 radical (unpaired) electrons. The van der Waals surface area contributed by atoms with Gasteiger partial charge in [0.1, 0.15) is 0 Å². The number of methoxy groups -OCH3 is 1. The van der Waals surface area contributed by atoms with Crippen molar-refractivity contribution in [3.05, 3.63) is 35.9 Å². The van der Waals surface area contributed by atoms with Gasteiger partial charge in [-0.1, -0.05) is 30.3 Å². The fraction of sp³-hybridized carbons (Fsp3) is 0.529. The van der Waals surface area contributed by atoms with Gasteiger partial charge in [0.25, 0.3) is 0 Å². The predicted molar refractivity (Wildman–Crippen MR) is 87.6 cm³/mol. The number of likely N-dealkylation sites (tertiary alicyclic amines) is 1. The van der Waals surface area contributed by atoms with Gasteiger partial charge < -0.3 is 15.0 Å². The molecule has 5 heteroatoms. The van der Waals surface area contributed by atoms with E-state index in [1.807, 2.05) is 18.2 Å². The van der Waals surface area contributed by atoms with Crippen molar-refractivity contribution in [2.75, 3.05) is 26.7 Å². The minimum Gasteiger partial charge on any atom is -0.469 e. The van der Waals surface area contributed by atoms with Crippen molar-refractivity contribution in [3.8, 4) is 0 Å². The lowest BCUT2D eigenvalue weighted by atomic mass is 9.97. The lowest BCUT2D eigenvalue weighted by Gasteiger charge is -2.33. The Balaban J connectivity index is 1.95. The molecule has 0 aromatic heterocycles. The van der Waals surface area contributed by atoms with Gasteiger partial charge in [0.15, 0.2) is 5.96 Å². The lowest BCUT2D eigenvalue weighted by molar-refractivity contribution is -0.146. The van der Waals surface area contributed by atoms with Gasteiger partial charge in [-0.25, -0.2) is 4.99 Å². The first-order valence-corrected chi connectivity index (χ1v) is 7.89. The Morgan fingerprint density at radius 2 is 2.00 bits per heavy atom. The Bertz CT molecular complexity index is 494. The van der Waals surface area contributed by atoms with Crippen LogP contribution in [0.4, 0.5) is 0 Å². The van der Waals surface area contributed by atoms with Crippen LogP contribution in [-0.2, 0) is 16.1 Å². The predicted octanol–water partition coefficient (Wildman–Crippen LogP) is 2.04. The van der Waals surface area contributed by atoms with Gasteiger partial charge in [0.05, 0.1) is 19.6 Å². The second-order valence-corrected chi connectivity index (χ2v) is 5.44. The first-order chi connectivity index (χ1) is 10.7. The maximum atomic E-state index is 11.6. The molecule has 1 aliphatic heterocycles. The van der Waals surface area contributed by atoms with E-state index in [0.717, 1.165) is 38.4 Å². The first kappa shape index (κ1) is 16.3. The summed E-state index contributed by atoms with van der Waals surface area (Å²) in [5.74, 6) is 0.860. The van der Waals surface area contributed by atoms with Gasteiger partial charge in [-0.05, 0) is 25.3 Å². The van der Waals surface area contributed by atoms with E-state index in [0.29, 0.717) is 6.54 Å². The van der Waals surface area contributed by atoms with Crippen LogP contribution >= 0.6 is 0 Å². The highest BCUT2D eigenvalue weighted by Gasteiger charge is 2.26. The van der Waals surface area contributed by atoms with Crippen LogP contribution in [0.25, 0.3) is 0 Å². The van der Waals surface area contributed by atoms with E-state index in [4.69, 9.17) is 9.73 Å². The van der Waals surface area contributed by atoms with Crippen LogP contribution in [-0.4, -0.2) is 43.6 Å².